The van der Waals surface area contributed by atoms with Gasteiger partial charge in [-0.25, -0.2) is 0 Å². The zero-order valence-electron chi connectivity index (χ0n) is 9.99. The third-order valence-electron chi connectivity index (χ3n) is 2.14. The quantitative estimate of drug-likeness (QED) is 0.764. The van der Waals surface area contributed by atoms with E-state index in [1.807, 2.05) is 32.9 Å². The fourth-order valence-corrected chi connectivity index (χ4v) is 1.35. The van der Waals surface area contributed by atoms with E-state index in [1.54, 1.807) is 6.07 Å². The Morgan fingerprint density at radius 3 is 2.81 bits per heavy atom. The topological polar surface area (TPSA) is 42.2 Å². The first kappa shape index (κ1) is 12.5. The first-order valence-electron chi connectivity index (χ1n) is 5.42. The minimum atomic E-state index is -0.0474. The molecule has 0 aliphatic carbocycles. The lowest BCUT2D eigenvalue weighted by Gasteiger charge is -2.15. The number of rotatable bonds is 5. The number of hydrogen-bond donors (Lipinski definition) is 0. The zero-order valence-corrected chi connectivity index (χ0v) is 9.99. The SMILES string of the molecule is CCOCC(C)Oc1cc(C)ccc1C#N. The van der Waals surface area contributed by atoms with Crippen LogP contribution in [0.25, 0.3) is 0 Å². The van der Waals surface area contributed by atoms with Gasteiger partial charge in [0.2, 0.25) is 0 Å². The molecule has 0 amide bonds. The first-order valence-corrected chi connectivity index (χ1v) is 5.42. The fourth-order valence-electron chi connectivity index (χ4n) is 1.35. The number of nitriles is 1. The Balaban J connectivity index is 2.72. The van der Waals surface area contributed by atoms with Gasteiger partial charge in [-0.1, -0.05) is 6.07 Å². The summed E-state index contributed by atoms with van der Waals surface area (Å²) in [5.74, 6) is 0.634. The highest BCUT2D eigenvalue weighted by atomic mass is 16.5. The van der Waals surface area contributed by atoms with Crippen LogP contribution in [-0.2, 0) is 4.74 Å². The molecule has 0 aliphatic heterocycles. The monoisotopic (exact) mass is 219 g/mol. The molecule has 0 N–H and O–H groups in total. The summed E-state index contributed by atoms with van der Waals surface area (Å²) < 4.78 is 10.9. The van der Waals surface area contributed by atoms with Crippen molar-refractivity contribution in [2.24, 2.45) is 0 Å². The van der Waals surface area contributed by atoms with E-state index in [-0.39, 0.29) is 6.10 Å². The van der Waals surface area contributed by atoms with Gasteiger partial charge in [0, 0.05) is 6.61 Å². The van der Waals surface area contributed by atoms with Crippen molar-refractivity contribution in [1.29, 1.82) is 5.26 Å². The molecule has 0 aliphatic rings. The van der Waals surface area contributed by atoms with Gasteiger partial charge in [-0.3, -0.25) is 0 Å². The van der Waals surface area contributed by atoms with Crippen LogP contribution in [0, 0.1) is 18.3 Å². The van der Waals surface area contributed by atoms with Crippen LogP contribution in [0.2, 0.25) is 0 Å². The van der Waals surface area contributed by atoms with E-state index in [4.69, 9.17) is 14.7 Å². The third kappa shape index (κ3) is 3.56. The molecule has 1 atom stereocenters. The van der Waals surface area contributed by atoms with Crippen molar-refractivity contribution >= 4 is 0 Å². The molecule has 0 saturated heterocycles. The van der Waals surface area contributed by atoms with Crippen molar-refractivity contribution in [3.63, 3.8) is 0 Å². The Hall–Kier alpha value is -1.53. The molecule has 1 aromatic rings. The molecular weight excluding hydrogens is 202 g/mol. The van der Waals surface area contributed by atoms with Crippen molar-refractivity contribution in [2.45, 2.75) is 26.9 Å². The smallest absolute Gasteiger partial charge is 0.137 e. The van der Waals surface area contributed by atoms with Crippen molar-refractivity contribution in [3.8, 4) is 11.8 Å². The van der Waals surface area contributed by atoms with Gasteiger partial charge in [0.05, 0.1) is 12.2 Å². The Morgan fingerprint density at radius 1 is 1.44 bits per heavy atom. The maximum atomic E-state index is 8.94. The third-order valence-corrected chi connectivity index (χ3v) is 2.14. The van der Waals surface area contributed by atoms with Crippen LogP contribution in [0.3, 0.4) is 0 Å². The highest BCUT2D eigenvalue weighted by Crippen LogP contribution is 2.20. The average Bonchev–Trinajstić information content (AvgIpc) is 2.27. The predicted octanol–water partition coefficient (Wildman–Crippen LogP) is 2.67. The molecule has 86 valence electrons. The Labute approximate surface area is 96.6 Å². The molecule has 16 heavy (non-hydrogen) atoms. The van der Waals surface area contributed by atoms with E-state index in [9.17, 15) is 0 Å². The molecule has 0 fully saturated rings. The van der Waals surface area contributed by atoms with Crippen LogP contribution in [0.4, 0.5) is 0 Å². The number of nitrogens with zero attached hydrogens (tertiary/aromatic N) is 1. The molecule has 0 spiro atoms. The maximum Gasteiger partial charge on any atom is 0.137 e. The number of benzene rings is 1. The van der Waals surface area contributed by atoms with Gasteiger partial charge in [-0.2, -0.15) is 5.26 Å². The van der Waals surface area contributed by atoms with E-state index in [0.717, 1.165) is 5.56 Å². The number of hydrogen-bond acceptors (Lipinski definition) is 3. The summed E-state index contributed by atoms with van der Waals surface area (Å²) in [5.41, 5.74) is 1.64. The second-order valence-corrected chi connectivity index (χ2v) is 3.70. The van der Waals surface area contributed by atoms with E-state index in [0.29, 0.717) is 24.5 Å². The van der Waals surface area contributed by atoms with Gasteiger partial charge < -0.3 is 9.47 Å². The standard InChI is InChI=1S/C13H17NO2/c1-4-15-9-11(3)16-13-7-10(2)5-6-12(13)8-14/h5-7,11H,4,9H2,1-3H3. The van der Waals surface area contributed by atoms with Crippen molar-refractivity contribution in [1.82, 2.24) is 0 Å². The first-order chi connectivity index (χ1) is 7.67. The van der Waals surface area contributed by atoms with Crippen molar-refractivity contribution in [3.05, 3.63) is 29.3 Å². The summed E-state index contributed by atoms with van der Waals surface area (Å²) in [6, 6.07) is 7.67. The Kier molecular flexibility index (Phi) is 4.81. The number of aryl methyl sites for hydroxylation is 1. The predicted molar refractivity (Wildman–Crippen MR) is 62.5 cm³/mol. The van der Waals surface area contributed by atoms with Crippen molar-refractivity contribution < 1.29 is 9.47 Å². The van der Waals surface area contributed by atoms with E-state index >= 15 is 0 Å². The van der Waals surface area contributed by atoms with Crippen LogP contribution in [0.15, 0.2) is 18.2 Å². The lowest BCUT2D eigenvalue weighted by Crippen LogP contribution is -2.19. The minimum Gasteiger partial charge on any atom is -0.487 e. The van der Waals surface area contributed by atoms with Gasteiger partial charge in [0.15, 0.2) is 0 Å². The normalized spacial score (nSPS) is 11.9. The largest absolute Gasteiger partial charge is 0.487 e. The molecule has 1 rings (SSSR count). The highest BCUT2D eigenvalue weighted by Gasteiger charge is 2.08. The van der Waals surface area contributed by atoms with Gasteiger partial charge in [0.1, 0.15) is 17.9 Å². The maximum absolute atomic E-state index is 8.94. The fraction of sp³-hybridized carbons (Fsp3) is 0.462. The summed E-state index contributed by atoms with van der Waals surface area (Å²) in [4.78, 5) is 0. The summed E-state index contributed by atoms with van der Waals surface area (Å²) >= 11 is 0. The molecule has 0 heterocycles. The van der Waals surface area contributed by atoms with Crippen LogP contribution in [0.1, 0.15) is 25.0 Å². The Bertz CT molecular complexity index is 382. The summed E-state index contributed by atoms with van der Waals surface area (Å²) in [6.07, 6.45) is -0.0474. The molecular formula is C13H17NO2. The average molecular weight is 219 g/mol. The molecule has 3 heteroatoms. The van der Waals surface area contributed by atoms with Gasteiger partial charge in [-0.15, -0.1) is 0 Å². The van der Waals surface area contributed by atoms with Crippen molar-refractivity contribution in [2.75, 3.05) is 13.2 Å². The lowest BCUT2D eigenvalue weighted by atomic mass is 10.1. The van der Waals surface area contributed by atoms with Crippen LogP contribution in [0.5, 0.6) is 5.75 Å². The molecule has 0 aromatic heterocycles. The molecule has 1 unspecified atom stereocenters. The summed E-state index contributed by atoms with van der Waals surface area (Å²) in [5, 5.41) is 8.94. The number of ether oxygens (including phenoxy) is 2. The van der Waals surface area contributed by atoms with Gasteiger partial charge in [0.25, 0.3) is 0 Å². The molecule has 3 nitrogen and oxygen atoms in total. The van der Waals surface area contributed by atoms with Gasteiger partial charge >= 0.3 is 0 Å². The second kappa shape index (κ2) is 6.14. The Morgan fingerprint density at radius 2 is 2.19 bits per heavy atom. The zero-order chi connectivity index (χ0) is 12.0. The van der Waals surface area contributed by atoms with Crippen LogP contribution < -0.4 is 4.74 Å². The lowest BCUT2D eigenvalue weighted by molar-refractivity contribution is 0.0655. The molecule has 0 bridgehead atoms. The summed E-state index contributed by atoms with van der Waals surface area (Å²) in [6.45, 7) is 7.06. The van der Waals surface area contributed by atoms with Crippen LogP contribution >= 0.6 is 0 Å². The summed E-state index contributed by atoms with van der Waals surface area (Å²) in [7, 11) is 0. The minimum absolute atomic E-state index is 0.0474. The van der Waals surface area contributed by atoms with Crippen LogP contribution in [-0.4, -0.2) is 19.3 Å². The second-order valence-electron chi connectivity index (χ2n) is 3.70. The molecule has 0 radical (unpaired) electrons. The van der Waals surface area contributed by atoms with E-state index < -0.39 is 0 Å². The highest BCUT2D eigenvalue weighted by molar-refractivity contribution is 5.45. The molecule has 1 aromatic carbocycles. The van der Waals surface area contributed by atoms with E-state index in [2.05, 4.69) is 6.07 Å². The molecule has 0 saturated carbocycles. The van der Waals surface area contributed by atoms with E-state index in [1.165, 1.54) is 0 Å². The van der Waals surface area contributed by atoms with Gasteiger partial charge in [-0.05, 0) is 38.5 Å².